The van der Waals surface area contributed by atoms with Crippen molar-refractivity contribution < 1.29 is 19.1 Å². The van der Waals surface area contributed by atoms with Gasteiger partial charge in [-0.2, -0.15) is 0 Å². The first-order valence-electron chi connectivity index (χ1n) is 9.94. The van der Waals surface area contributed by atoms with Crippen LogP contribution in [0.4, 0.5) is 5.69 Å². The summed E-state index contributed by atoms with van der Waals surface area (Å²) in [6.07, 6.45) is 0. The van der Waals surface area contributed by atoms with Crippen molar-refractivity contribution in [1.29, 1.82) is 0 Å². The molecule has 0 aliphatic carbocycles. The first-order chi connectivity index (χ1) is 15.8. The number of aromatic nitrogens is 2. The quantitative estimate of drug-likeness (QED) is 0.317. The van der Waals surface area contributed by atoms with E-state index in [2.05, 4.69) is 15.6 Å². The normalized spacial score (nSPS) is 10.6. The Hall–Kier alpha value is -3.86. The Balaban J connectivity index is 1.82. The molecular weight excluding hydrogens is 446 g/mol. The Morgan fingerprint density at radius 1 is 1.18 bits per heavy atom. The number of nitrogens with two attached hydrogens (primary N) is 1. The predicted octanol–water partition coefficient (Wildman–Crippen LogP) is 1.37. The van der Waals surface area contributed by atoms with Gasteiger partial charge in [0.15, 0.2) is 5.16 Å². The SMILES string of the molecule is COc1ccc(C(N)=O)cc1NC(=O)CSc1nc2ccccc2c(=O)n1CCNC(C)=O. The predicted molar refractivity (Wildman–Crippen MR) is 126 cm³/mol. The number of benzene rings is 2. The summed E-state index contributed by atoms with van der Waals surface area (Å²) >= 11 is 1.08. The average Bonchev–Trinajstić information content (AvgIpc) is 2.79. The summed E-state index contributed by atoms with van der Waals surface area (Å²) in [7, 11) is 1.44. The van der Waals surface area contributed by atoms with Gasteiger partial charge >= 0.3 is 0 Å². The lowest BCUT2D eigenvalue weighted by Crippen LogP contribution is -2.31. The summed E-state index contributed by atoms with van der Waals surface area (Å²) in [5.41, 5.74) is 6.09. The molecule has 11 heteroatoms. The number of para-hydroxylation sites is 1. The lowest BCUT2D eigenvalue weighted by Gasteiger charge is -2.14. The second-order valence-electron chi connectivity index (χ2n) is 6.97. The first-order valence-corrected chi connectivity index (χ1v) is 10.9. The molecule has 0 radical (unpaired) electrons. The molecule has 0 saturated carbocycles. The van der Waals surface area contributed by atoms with Crippen molar-refractivity contribution in [3.8, 4) is 5.75 Å². The van der Waals surface area contributed by atoms with Crippen LogP contribution in [0.2, 0.25) is 0 Å². The minimum absolute atomic E-state index is 0.0606. The minimum atomic E-state index is -0.633. The topological polar surface area (TPSA) is 145 Å². The van der Waals surface area contributed by atoms with Crippen LogP contribution in [0, 0.1) is 0 Å². The fourth-order valence-electron chi connectivity index (χ4n) is 3.07. The number of fused-ring (bicyclic) bond motifs is 1. The molecular formula is C22H23N5O5S. The number of nitrogens with zero attached hydrogens (tertiary/aromatic N) is 2. The largest absolute Gasteiger partial charge is 0.495 e. The molecule has 0 bridgehead atoms. The zero-order valence-corrected chi connectivity index (χ0v) is 18.9. The lowest BCUT2D eigenvalue weighted by atomic mass is 10.1. The van der Waals surface area contributed by atoms with Crippen LogP contribution in [-0.2, 0) is 16.1 Å². The third-order valence-corrected chi connectivity index (χ3v) is 5.60. The van der Waals surface area contributed by atoms with Gasteiger partial charge in [-0.25, -0.2) is 4.98 Å². The van der Waals surface area contributed by atoms with Gasteiger partial charge in [-0.3, -0.25) is 23.7 Å². The Labute approximate surface area is 193 Å². The van der Waals surface area contributed by atoms with Gasteiger partial charge in [0, 0.05) is 25.6 Å². The highest BCUT2D eigenvalue weighted by molar-refractivity contribution is 7.99. The highest BCUT2D eigenvalue weighted by atomic mass is 32.2. The maximum atomic E-state index is 13.0. The van der Waals surface area contributed by atoms with E-state index < -0.39 is 11.8 Å². The van der Waals surface area contributed by atoms with Crippen LogP contribution in [0.25, 0.3) is 10.9 Å². The number of nitrogens with one attached hydrogen (secondary N) is 2. The monoisotopic (exact) mass is 469 g/mol. The fraction of sp³-hybridized carbons (Fsp3) is 0.227. The van der Waals surface area contributed by atoms with E-state index in [1.807, 2.05) is 0 Å². The molecule has 3 aromatic rings. The molecule has 0 fully saturated rings. The molecule has 33 heavy (non-hydrogen) atoms. The summed E-state index contributed by atoms with van der Waals surface area (Å²) in [6, 6.07) is 11.4. The molecule has 3 amide bonds. The van der Waals surface area contributed by atoms with Crippen LogP contribution in [0.1, 0.15) is 17.3 Å². The van der Waals surface area contributed by atoms with E-state index in [1.165, 1.54) is 36.8 Å². The molecule has 2 aromatic carbocycles. The number of thioether (sulfide) groups is 1. The molecule has 1 heterocycles. The molecule has 1 aromatic heterocycles. The average molecular weight is 470 g/mol. The molecule has 0 aliphatic heterocycles. The van der Waals surface area contributed by atoms with E-state index in [0.29, 0.717) is 27.5 Å². The molecule has 0 saturated heterocycles. The van der Waals surface area contributed by atoms with Crippen molar-refractivity contribution in [2.45, 2.75) is 18.6 Å². The van der Waals surface area contributed by atoms with E-state index in [4.69, 9.17) is 10.5 Å². The molecule has 3 rings (SSSR count). The Kier molecular flexibility index (Phi) is 7.67. The van der Waals surface area contributed by atoms with Gasteiger partial charge in [-0.05, 0) is 30.3 Å². The van der Waals surface area contributed by atoms with Gasteiger partial charge in [0.1, 0.15) is 5.75 Å². The summed E-state index contributed by atoms with van der Waals surface area (Å²) in [5, 5.41) is 6.14. The smallest absolute Gasteiger partial charge is 0.262 e. The summed E-state index contributed by atoms with van der Waals surface area (Å²) in [4.78, 5) is 52.8. The van der Waals surface area contributed by atoms with E-state index in [9.17, 15) is 19.2 Å². The number of hydrogen-bond donors (Lipinski definition) is 3. The van der Waals surface area contributed by atoms with Crippen LogP contribution in [0.5, 0.6) is 5.75 Å². The number of hydrogen-bond acceptors (Lipinski definition) is 7. The van der Waals surface area contributed by atoms with Gasteiger partial charge in [-0.15, -0.1) is 0 Å². The van der Waals surface area contributed by atoms with Crippen molar-refractivity contribution in [3.05, 3.63) is 58.4 Å². The maximum absolute atomic E-state index is 13.0. The van der Waals surface area contributed by atoms with Crippen molar-refractivity contribution in [3.63, 3.8) is 0 Å². The van der Waals surface area contributed by atoms with E-state index in [1.54, 1.807) is 24.3 Å². The molecule has 10 nitrogen and oxygen atoms in total. The zero-order valence-electron chi connectivity index (χ0n) is 18.1. The van der Waals surface area contributed by atoms with Crippen LogP contribution in [0.3, 0.4) is 0 Å². The molecule has 0 atom stereocenters. The van der Waals surface area contributed by atoms with Crippen LogP contribution < -0.4 is 26.7 Å². The molecule has 172 valence electrons. The van der Waals surface area contributed by atoms with Gasteiger partial charge in [0.25, 0.3) is 5.56 Å². The molecule has 4 N–H and O–H groups in total. The Bertz CT molecular complexity index is 1270. The van der Waals surface area contributed by atoms with Crippen molar-refractivity contribution >= 4 is 46.1 Å². The Morgan fingerprint density at radius 2 is 1.94 bits per heavy atom. The number of carbonyl (C=O) groups is 3. The van der Waals surface area contributed by atoms with E-state index in [-0.39, 0.29) is 35.9 Å². The Morgan fingerprint density at radius 3 is 2.64 bits per heavy atom. The fourth-order valence-corrected chi connectivity index (χ4v) is 3.90. The van der Waals surface area contributed by atoms with Gasteiger partial charge in [0.05, 0.1) is 29.5 Å². The first kappa shape index (κ1) is 23.8. The number of carbonyl (C=O) groups excluding carboxylic acids is 3. The lowest BCUT2D eigenvalue weighted by molar-refractivity contribution is -0.119. The zero-order chi connectivity index (χ0) is 24.0. The number of ether oxygens (including phenoxy) is 1. The summed E-state index contributed by atoms with van der Waals surface area (Å²) < 4.78 is 6.66. The molecule has 0 spiro atoms. The summed E-state index contributed by atoms with van der Waals surface area (Å²) in [6.45, 7) is 1.84. The van der Waals surface area contributed by atoms with E-state index >= 15 is 0 Å². The van der Waals surface area contributed by atoms with Crippen molar-refractivity contribution in [1.82, 2.24) is 14.9 Å². The minimum Gasteiger partial charge on any atom is -0.495 e. The van der Waals surface area contributed by atoms with Gasteiger partial charge in [0.2, 0.25) is 17.7 Å². The molecule has 0 unspecified atom stereocenters. The highest BCUT2D eigenvalue weighted by Crippen LogP contribution is 2.26. The van der Waals surface area contributed by atoms with Crippen molar-refractivity contribution in [2.75, 3.05) is 24.7 Å². The van der Waals surface area contributed by atoms with Gasteiger partial charge in [-0.1, -0.05) is 23.9 Å². The highest BCUT2D eigenvalue weighted by Gasteiger charge is 2.15. The second-order valence-corrected chi connectivity index (χ2v) is 7.91. The second kappa shape index (κ2) is 10.6. The third-order valence-electron chi connectivity index (χ3n) is 4.63. The number of methoxy groups -OCH3 is 1. The molecule has 0 aliphatic rings. The number of primary amides is 1. The van der Waals surface area contributed by atoms with Gasteiger partial charge < -0.3 is 21.1 Å². The van der Waals surface area contributed by atoms with Crippen LogP contribution in [0.15, 0.2) is 52.4 Å². The summed E-state index contributed by atoms with van der Waals surface area (Å²) in [5.74, 6) is -0.928. The van der Waals surface area contributed by atoms with Crippen molar-refractivity contribution in [2.24, 2.45) is 5.73 Å². The van der Waals surface area contributed by atoms with E-state index in [0.717, 1.165) is 11.8 Å². The third kappa shape index (κ3) is 5.89. The number of anilines is 1. The number of amides is 3. The van der Waals surface area contributed by atoms with Crippen LogP contribution in [-0.4, -0.2) is 46.7 Å². The maximum Gasteiger partial charge on any atom is 0.262 e. The van der Waals surface area contributed by atoms with Crippen LogP contribution >= 0.6 is 11.8 Å². The number of rotatable bonds is 9. The standard InChI is InChI=1S/C22H23N5O5S/c1-13(28)24-9-10-27-21(31)15-5-3-4-6-16(15)26-22(27)33-12-19(29)25-17-11-14(20(23)30)7-8-18(17)32-2/h3-8,11H,9-10,12H2,1-2H3,(H2,23,30)(H,24,28)(H,25,29).